The van der Waals surface area contributed by atoms with Crippen LogP contribution in [0.3, 0.4) is 0 Å². The fourth-order valence-corrected chi connectivity index (χ4v) is 4.34. The molecule has 4 nitrogen and oxygen atoms in total. The van der Waals surface area contributed by atoms with Crippen LogP contribution in [0.2, 0.25) is 10.0 Å². The molecule has 0 saturated heterocycles. The molecule has 0 spiro atoms. The number of thioether (sulfide) groups is 1. The highest BCUT2D eigenvalue weighted by molar-refractivity contribution is 9.10. The van der Waals surface area contributed by atoms with E-state index in [0.717, 1.165) is 32.4 Å². The molecule has 0 atom stereocenters. The average molecular weight is 521 g/mol. The molecule has 0 radical (unpaired) electrons. The zero-order chi connectivity index (χ0) is 21.1. The highest BCUT2D eigenvalue weighted by Gasteiger charge is 2.17. The summed E-state index contributed by atoms with van der Waals surface area (Å²) in [5, 5.41) is 10.7. The molecule has 1 heterocycles. The van der Waals surface area contributed by atoms with Crippen LogP contribution in [0.5, 0.6) is 5.75 Å². The van der Waals surface area contributed by atoms with E-state index in [9.17, 15) is 0 Å². The third-order valence-corrected chi connectivity index (χ3v) is 6.69. The molecule has 152 valence electrons. The van der Waals surface area contributed by atoms with Gasteiger partial charge in [-0.05, 0) is 60.2 Å². The first kappa shape index (κ1) is 21.2. The molecule has 0 fully saturated rings. The first-order chi connectivity index (χ1) is 14.5. The summed E-state index contributed by atoms with van der Waals surface area (Å²) in [6, 6.07) is 21.5. The van der Waals surface area contributed by atoms with Crippen LogP contribution in [0.15, 0.2) is 76.4 Å². The predicted molar refractivity (Wildman–Crippen MR) is 127 cm³/mol. The molecule has 0 aliphatic carbocycles. The van der Waals surface area contributed by atoms with Crippen molar-refractivity contribution in [3.63, 3.8) is 0 Å². The highest BCUT2D eigenvalue weighted by atomic mass is 79.9. The zero-order valence-electron chi connectivity index (χ0n) is 15.8. The molecule has 0 unspecified atom stereocenters. The number of methoxy groups -OCH3 is 1. The van der Waals surface area contributed by atoms with Gasteiger partial charge in [-0.3, -0.25) is 4.57 Å². The van der Waals surface area contributed by atoms with Gasteiger partial charge in [-0.1, -0.05) is 63.0 Å². The minimum absolute atomic E-state index is 0.479. The van der Waals surface area contributed by atoms with Gasteiger partial charge in [0, 0.05) is 15.8 Å². The number of aromatic nitrogens is 3. The lowest BCUT2D eigenvalue weighted by molar-refractivity contribution is 0.415. The molecule has 0 bridgehead atoms. The van der Waals surface area contributed by atoms with Crippen molar-refractivity contribution in [2.45, 2.75) is 10.9 Å². The molecule has 8 heteroatoms. The third-order valence-electron chi connectivity index (χ3n) is 4.42. The predicted octanol–water partition coefficient (Wildman–Crippen LogP) is 7.30. The Morgan fingerprint density at radius 1 is 0.933 bits per heavy atom. The number of nitrogens with zero attached hydrogens (tertiary/aromatic N) is 3. The summed E-state index contributed by atoms with van der Waals surface area (Å²) in [7, 11) is 1.64. The van der Waals surface area contributed by atoms with Crippen molar-refractivity contribution in [3.05, 3.63) is 86.8 Å². The molecular weight excluding hydrogens is 505 g/mol. The summed E-state index contributed by atoms with van der Waals surface area (Å²) in [6.45, 7) is 0. The lowest BCUT2D eigenvalue weighted by Crippen LogP contribution is -2.00. The largest absolute Gasteiger partial charge is 0.497 e. The van der Waals surface area contributed by atoms with Crippen LogP contribution in [0.1, 0.15) is 5.56 Å². The van der Waals surface area contributed by atoms with E-state index < -0.39 is 0 Å². The van der Waals surface area contributed by atoms with Gasteiger partial charge in [-0.15, -0.1) is 10.2 Å². The van der Waals surface area contributed by atoms with Crippen molar-refractivity contribution in [2.75, 3.05) is 7.11 Å². The van der Waals surface area contributed by atoms with Crippen molar-refractivity contribution < 1.29 is 4.74 Å². The van der Waals surface area contributed by atoms with Crippen LogP contribution in [0.25, 0.3) is 17.1 Å². The van der Waals surface area contributed by atoms with Gasteiger partial charge in [0.15, 0.2) is 11.0 Å². The second-order valence-corrected chi connectivity index (χ2v) is 9.06. The van der Waals surface area contributed by atoms with Crippen molar-refractivity contribution in [1.29, 1.82) is 0 Å². The van der Waals surface area contributed by atoms with E-state index in [1.807, 2.05) is 53.1 Å². The maximum atomic E-state index is 6.29. The fraction of sp³-hybridized carbons (Fsp3) is 0.0909. The molecule has 3 aromatic carbocycles. The van der Waals surface area contributed by atoms with Crippen molar-refractivity contribution >= 4 is 50.9 Å². The standard InChI is InChI=1S/C22H16BrCl2N3OS/c1-29-18-9-4-15(5-10-18)21-26-27-22(30-13-14-2-6-16(23)7-3-14)28(21)17-8-11-19(24)20(25)12-17/h2-12H,13H2,1H3. The molecule has 4 aromatic rings. The molecule has 1 aromatic heterocycles. The Bertz CT molecular complexity index is 1160. The summed E-state index contributed by atoms with van der Waals surface area (Å²) < 4.78 is 8.31. The Hall–Kier alpha value is -1.99. The minimum atomic E-state index is 0.479. The SMILES string of the molecule is COc1ccc(-c2nnc(SCc3ccc(Br)cc3)n2-c2ccc(Cl)c(Cl)c2)cc1. The van der Waals surface area contributed by atoms with Crippen LogP contribution >= 0.6 is 50.9 Å². The molecule has 0 aliphatic rings. The maximum Gasteiger partial charge on any atom is 0.196 e. The molecular formula is C22H16BrCl2N3OS. The van der Waals surface area contributed by atoms with Gasteiger partial charge in [0.2, 0.25) is 0 Å². The van der Waals surface area contributed by atoms with E-state index in [4.69, 9.17) is 27.9 Å². The number of halogens is 3. The van der Waals surface area contributed by atoms with E-state index in [1.54, 1.807) is 24.9 Å². The zero-order valence-corrected chi connectivity index (χ0v) is 19.8. The molecule has 4 rings (SSSR count). The third kappa shape index (κ3) is 4.67. The molecule has 0 saturated carbocycles. The fourth-order valence-electron chi connectivity index (χ4n) is 2.88. The molecule has 0 N–H and O–H groups in total. The first-order valence-corrected chi connectivity index (χ1v) is 11.5. The number of hydrogen-bond donors (Lipinski definition) is 0. The average Bonchev–Trinajstić information content (AvgIpc) is 3.19. The summed E-state index contributed by atoms with van der Waals surface area (Å²) in [5.74, 6) is 2.26. The van der Waals surface area contributed by atoms with E-state index >= 15 is 0 Å². The van der Waals surface area contributed by atoms with Crippen LogP contribution in [0.4, 0.5) is 0 Å². The van der Waals surface area contributed by atoms with Gasteiger partial charge in [-0.2, -0.15) is 0 Å². The van der Waals surface area contributed by atoms with Crippen LogP contribution in [0, 0.1) is 0 Å². The van der Waals surface area contributed by atoms with E-state index in [2.05, 4.69) is 38.3 Å². The normalized spacial score (nSPS) is 10.9. The summed E-state index contributed by atoms with van der Waals surface area (Å²) >= 11 is 17.5. The topological polar surface area (TPSA) is 39.9 Å². The minimum Gasteiger partial charge on any atom is -0.497 e. The second-order valence-electron chi connectivity index (χ2n) is 6.38. The maximum absolute atomic E-state index is 6.29. The highest BCUT2D eigenvalue weighted by Crippen LogP contribution is 2.33. The lowest BCUT2D eigenvalue weighted by atomic mass is 10.2. The molecule has 0 aliphatic heterocycles. The van der Waals surface area contributed by atoms with E-state index in [1.165, 1.54) is 5.56 Å². The second kappa shape index (κ2) is 9.43. The molecule has 30 heavy (non-hydrogen) atoms. The van der Waals surface area contributed by atoms with Gasteiger partial charge in [0.1, 0.15) is 5.75 Å². The van der Waals surface area contributed by atoms with Crippen LogP contribution in [-0.2, 0) is 5.75 Å². The number of hydrogen-bond acceptors (Lipinski definition) is 4. The van der Waals surface area contributed by atoms with Gasteiger partial charge in [0.05, 0.1) is 22.8 Å². The first-order valence-electron chi connectivity index (χ1n) is 8.97. The monoisotopic (exact) mass is 519 g/mol. The van der Waals surface area contributed by atoms with Crippen LogP contribution < -0.4 is 4.74 Å². The van der Waals surface area contributed by atoms with Crippen molar-refractivity contribution in [3.8, 4) is 22.8 Å². The number of rotatable bonds is 6. The number of benzene rings is 3. The Morgan fingerprint density at radius 3 is 2.33 bits per heavy atom. The van der Waals surface area contributed by atoms with Gasteiger partial charge in [-0.25, -0.2) is 0 Å². The van der Waals surface area contributed by atoms with E-state index in [-0.39, 0.29) is 0 Å². The summed E-state index contributed by atoms with van der Waals surface area (Å²) in [5.41, 5.74) is 2.96. The lowest BCUT2D eigenvalue weighted by Gasteiger charge is -2.12. The quantitative estimate of drug-likeness (QED) is 0.250. The van der Waals surface area contributed by atoms with Gasteiger partial charge < -0.3 is 4.74 Å². The molecule has 0 amide bonds. The van der Waals surface area contributed by atoms with Gasteiger partial charge >= 0.3 is 0 Å². The summed E-state index contributed by atoms with van der Waals surface area (Å²) in [4.78, 5) is 0. The van der Waals surface area contributed by atoms with Crippen LogP contribution in [-0.4, -0.2) is 21.9 Å². The van der Waals surface area contributed by atoms with Crippen molar-refractivity contribution in [1.82, 2.24) is 14.8 Å². The Balaban J connectivity index is 1.74. The Labute approximate surface area is 197 Å². The smallest absolute Gasteiger partial charge is 0.196 e. The number of ether oxygens (including phenoxy) is 1. The Morgan fingerprint density at radius 2 is 1.67 bits per heavy atom. The van der Waals surface area contributed by atoms with Gasteiger partial charge in [0.25, 0.3) is 0 Å². The van der Waals surface area contributed by atoms with Crippen molar-refractivity contribution in [2.24, 2.45) is 0 Å². The van der Waals surface area contributed by atoms with E-state index in [0.29, 0.717) is 15.9 Å². The summed E-state index contributed by atoms with van der Waals surface area (Å²) in [6.07, 6.45) is 0. The Kier molecular flexibility index (Phi) is 6.68.